The van der Waals surface area contributed by atoms with Crippen LogP contribution in [0.4, 0.5) is 5.69 Å². The van der Waals surface area contributed by atoms with Gasteiger partial charge in [-0.1, -0.05) is 23.7 Å². The van der Waals surface area contributed by atoms with Crippen molar-refractivity contribution in [2.24, 2.45) is 0 Å². The van der Waals surface area contributed by atoms with E-state index in [9.17, 15) is 9.59 Å². The van der Waals surface area contributed by atoms with Crippen molar-refractivity contribution in [2.45, 2.75) is 38.2 Å². The Hall–Kier alpha value is -3.30. The maximum Gasteiger partial charge on any atom is 0.275 e. The number of ether oxygens (including phenoxy) is 3. The van der Waals surface area contributed by atoms with E-state index in [1.807, 2.05) is 17.0 Å². The van der Waals surface area contributed by atoms with E-state index in [2.05, 4.69) is 10.3 Å². The Morgan fingerprint density at radius 3 is 2.59 bits per heavy atom. The number of carbonyl (C=O) groups is 2. The van der Waals surface area contributed by atoms with Crippen molar-refractivity contribution >= 4 is 40.4 Å². The molecule has 0 bridgehead atoms. The highest BCUT2D eigenvalue weighted by Gasteiger charge is 2.37. The second-order valence-electron chi connectivity index (χ2n) is 9.49. The highest BCUT2D eigenvalue weighted by molar-refractivity contribution is 7.10. The number of likely N-dealkylation sites (tertiary alicyclic amines) is 1. The summed E-state index contributed by atoms with van der Waals surface area (Å²) in [5.74, 6) is 1.61. The molecule has 2 aromatic carbocycles. The Balaban J connectivity index is 1.16. The number of para-hydroxylation sites is 1. The summed E-state index contributed by atoms with van der Waals surface area (Å²) in [4.78, 5) is 32.4. The zero-order valence-electron chi connectivity index (χ0n) is 20.7. The number of hydrogen-bond acceptors (Lipinski definition) is 7. The number of nitrogens with zero attached hydrogens (tertiary/aromatic N) is 2. The molecule has 2 aliphatic heterocycles. The van der Waals surface area contributed by atoms with Crippen molar-refractivity contribution in [1.82, 2.24) is 9.88 Å². The molecule has 0 spiro atoms. The van der Waals surface area contributed by atoms with Crippen molar-refractivity contribution in [3.05, 3.63) is 63.6 Å². The minimum absolute atomic E-state index is 0.0792. The van der Waals surface area contributed by atoms with E-state index in [1.54, 1.807) is 49.6 Å². The molecule has 0 radical (unpaired) electrons. The molecule has 1 N–H and O–H groups in total. The molecule has 1 fully saturated rings. The molecular formula is C27H28ClN3O5S. The number of hydrogen-bond donors (Lipinski definition) is 1. The molecule has 0 saturated carbocycles. The van der Waals surface area contributed by atoms with Gasteiger partial charge in [-0.15, -0.1) is 11.3 Å². The van der Waals surface area contributed by atoms with Gasteiger partial charge in [0, 0.05) is 36.1 Å². The average Bonchev–Trinajstić information content (AvgIpc) is 3.40. The van der Waals surface area contributed by atoms with E-state index in [0.717, 1.165) is 17.8 Å². The van der Waals surface area contributed by atoms with Crippen LogP contribution in [0.5, 0.6) is 17.2 Å². The summed E-state index contributed by atoms with van der Waals surface area (Å²) >= 11 is 7.69. The minimum atomic E-state index is -1.04. The predicted molar refractivity (Wildman–Crippen MR) is 142 cm³/mol. The lowest BCUT2D eigenvalue weighted by Crippen LogP contribution is -2.51. The number of halogens is 1. The number of fused-ring (bicyclic) bond motifs is 1. The molecule has 3 aromatic rings. The molecule has 3 heterocycles. The van der Waals surface area contributed by atoms with E-state index in [-0.39, 0.29) is 17.7 Å². The normalized spacial score (nSPS) is 15.8. The average molecular weight is 542 g/mol. The molecule has 1 aromatic heterocycles. The van der Waals surface area contributed by atoms with Crippen molar-refractivity contribution < 1.29 is 23.8 Å². The summed E-state index contributed by atoms with van der Waals surface area (Å²) in [6, 6.07) is 12.5. The lowest BCUT2D eigenvalue weighted by Gasteiger charge is -2.36. The number of rotatable bonds is 6. The van der Waals surface area contributed by atoms with Gasteiger partial charge >= 0.3 is 0 Å². The molecule has 0 aliphatic carbocycles. The molecule has 2 aliphatic rings. The van der Waals surface area contributed by atoms with Gasteiger partial charge in [0.15, 0.2) is 17.1 Å². The number of anilines is 1. The first-order valence-corrected chi connectivity index (χ1v) is 13.5. The number of amides is 2. The highest BCUT2D eigenvalue weighted by Crippen LogP contribution is 2.34. The number of piperidine rings is 1. The molecule has 8 nitrogen and oxygen atoms in total. The molecule has 5 rings (SSSR count). The van der Waals surface area contributed by atoms with E-state index in [1.165, 1.54) is 11.3 Å². The minimum Gasteiger partial charge on any atom is -0.486 e. The molecule has 37 heavy (non-hydrogen) atoms. The Labute approximate surface area is 224 Å². The largest absolute Gasteiger partial charge is 0.486 e. The van der Waals surface area contributed by atoms with Crippen LogP contribution >= 0.6 is 22.9 Å². The Kier molecular flexibility index (Phi) is 7.26. The van der Waals surface area contributed by atoms with Gasteiger partial charge in [-0.2, -0.15) is 0 Å². The second-order valence-corrected chi connectivity index (χ2v) is 10.8. The first kappa shape index (κ1) is 25.4. The van der Waals surface area contributed by atoms with Gasteiger partial charge in [-0.25, -0.2) is 4.98 Å². The van der Waals surface area contributed by atoms with Crippen molar-refractivity contribution in [1.29, 1.82) is 0 Å². The lowest BCUT2D eigenvalue weighted by atomic mass is 9.96. The zero-order valence-corrected chi connectivity index (χ0v) is 22.2. The van der Waals surface area contributed by atoms with Crippen LogP contribution < -0.4 is 19.5 Å². The van der Waals surface area contributed by atoms with Crippen LogP contribution in [0, 0.1) is 0 Å². The summed E-state index contributed by atoms with van der Waals surface area (Å²) in [5, 5.41) is 6.04. The van der Waals surface area contributed by atoms with Crippen LogP contribution in [-0.2, 0) is 4.79 Å². The predicted octanol–water partition coefficient (Wildman–Crippen LogP) is 5.38. The van der Waals surface area contributed by atoms with Crippen LogP contribution in [0.25, 0.3) is 0 Å². The maximum absolute atomic E-state index is 13.2. The SMILES string of the molecule is CC(C)(Oc1ccccc1Cl)C(=O)N1CCC(c2nc(C(=O)Nc3ccc4c(c3)OCCO4)cs2)CC1. The third-order valence-electron chi connectivity index (χ3n) is 6.40. The first-order chi connectivity index (χ1) is 17.8. The maximum atomic E-state index is 13.2. The van der Waals surface area contributed by atoms with E-state index in [4.69, 9.17) is 25.8 Å². The van der Waals surface area contributed by atoms with Crippen LogP contribution in [0.2, 0.25) is 5.02 Å². The topological polar surface area (TPSA) is 90.0 Å². The molecule has 0 atom stereocenters. The Morgan fingerprint density at radius 1 is 1.11 bits per heavy atom. The summed E-state index contributed by atoms with van der Waals surface area (Å²) in [6.07, 6.45) is 1.54. The fraction of sp³-hybridized carbons (Fsp3) is 0.370. The summed E-state index contributed by atoms with van der Waals surface area (Å²) < 4.78 is 17.1. The second kappa shape index (κ2) is 10.6. The number of aromatic nitrogens is 1. The van der Waals surface area contributed by atoms with E-state index in [0.29, 0.717) is 60.0 Å². The lowest BCUT2D eigenvalue weighted by molar-refractivity contribution is -0.146. The number of nitrogens with one attached hydrogen (secondary N) is 1. The third-order valence-corrected chi connectivity index (χ3v) is 7.72. The summed E-state index contributed by atoms with van der Waals surface area (Å²) in [5.41, 5.74) is -0.0436. The molecule has 0 unspecified atom stereocenters. The fourth-order valence-electron chi connectivity index (χ4n) is 4.45. The van der Waals surface area contributed by atoms with Gasteiger partial charge < -0.3 is 24.4 Å². The monoisotopic (exact) mass is 541 g/mol. The van der Waals surface area contributed by atoms with Crippen LogP contribution in [0.1, 0.15) is 48.1 Å². The molecular weight excluding hydrogens is 514 g/mol. The first-order valence-electron chi connectivity index (χ1n) is 12.2. The third kappa shape index (κ3) is 5.67. The molecule has 194 valence electrons. The molecule has 1 saturated heterocycles. The number of thiazole rings is 1. The molecule has 2 amide bonds. The van der Waals surface area contributed by atoms with Crippen molar-refractivity contribution in [3.8, 4) is 17.2 Å². The number of carbonyl (C=O) groups excluding carboxylic acids is 2. The van der Waals surface area contributed by atoms with Gasteiger partial charge in [0.25, 0.3) is 11.8 Å². The Bertz CT molecular complexity index is 1300. The Morgan fingerprint density at radius 2 is 1.84 bits per heavy atom. The molecule has 10 heteroatoms. The fourth-order valence-corrected chi connectivity index (χ4v) is 5.60. The van der Waals surface area contributed by atoms with E-state index < -0.39 is 5.60 Å². The van der Waals surface area contributed by atoms with Crippen molar-refractivity contribution in [2.75, 3.05) is 31.6 Å². The smallest absolute Gasteiger partial charge is 0.275 e. The summed E-state index contributed by atoms with van der Waals surface area (Å²) in [6.45, 7) is 5.71. The van der Waals surface area contributed by atoms with Gasteiger partial charge in [0.05, 0.1) is 10.0 Å². The van der Waals surface area contributed by atoms with Crippen LogP contribution in [-0.4, -0.2) is 53.6 Å². The van der Waals surface area contributed by atoms with Crippen LogP contribution in [0.15, 0.2) is 47.8 Å². The standard InChI is InChI=1S/C27H28ClN3O5S/c1-27(2,36-21-6-4-3-5-19(21)28)26(33)31-11-9-17(10-12-31)25-30-20(16-37-25)24(32)29-18-7-8-22-23(15-18)35-14-13-34-22/h3-8,15-17H,9-14H2,1-2H3,(H,29,32). The van der Waals surface area contributed by atoms with Gasteiger partial charge in [-0.3, -0.25) is 9.59 Å². The van der Waals surface area contributed by atoms with E-state index >= 15 is 0 Å². The zero-order chi connectivity index (χ0) is 26.0. The van der Waals surface area contributed by atoms with Gasteiger partial charge in [0.1, 0.15) is 24.7 Å². The quantitative estimate of drug-likeness (QED) is 0.450. The van der Waals surface area contributed by atoms with Gasteiger partial charge in [-0.05, 0) is 51.0 Å². The van der Waals surface area contributed by atoms with Crippen LogP contribution in [0.3, 0.4) is 0 Å². The number of benzene rings is 2. The summed E-state index contributed by atoms with van der Waals surface area (Å²) in [7, 11) is 0. The van der Waals surface area contributed by atoms with Crippen molar-refractivity contribution in [3.63, 3.8) is 0 Å². The van der Waals surface area contributed by atoms with Gasteiger partial charge in [0.2, 0.25) is 0 Å². The highest BCUT2D eigenvalue weighted by atomic mass is 35.5.